The number of rotatable bonds is 4. The van der Waals surface area contributed by atoms with Crippen molar-refractivity contribution in [3.63, 3.8) is 0 Å². The standard InChI is InChI=1S/C15H24N2O2S/c1-11-4-3-5-13(8-11)10-17-20(18,19)15-9-14(16)7-6-12(15)2/h6-7,9,11,13,17H,3-5,8,10,16H2,1-2H3. The quantitative estimate of drug-likeness (QED) is 0.839. The van der Waals surface area contributed by atoms with Crippen LogP contribution in [0.4, 0.5) is 5.69 Å². The van der Waals surface area contributed by atoms with Crippen molar-refractivity contribution >= 4 is 15.7 Å². The van der Waals surface area contributed by atoms with Gasteiger partial charge in [0.1, 0.15) is 0 Å². The molecule has 1 aromatic rings. The first-order valence-electron chi connectivity index (χ1n) is 7.24. The highest BCUT2D eigenvalue weighted by Gasteiger charge is 2.22. The lowest BCUT2D eigenvalue weighted by atomic mass is 9.83. The van der Waals surface area contributed by atoms with Gasteiger partial charge in [0.15, 0.2) is 0 Å². The molecule has 0 heterocycles. The zero-order valence-corrected chi connectivity index (χ0v) is 13.0. The molecule has 1 aromatic carbocycles. The number of nitrogen functional groups attached to an aromatic ring is 1. The molecule has 5 heteroatoms. The van der Waals surface area contributed by atoms with Gasteiger partial charge in [0, 0.05) is 12.2 Å². The predicted octanol–water partition coefficient (Wildman–Crippen LogP) is 2.68. The molecule has 1 aliphatic rings. The zero-order chi connectivity index (χ0) is 14.8. The van der Waals surface area contributed by atoms with E-state index in [4.69, 9.17) is 5.73 Å². The third kappa shape index (κ3) is 3.73. The normalized spacial score (nSPS) is 23.7. The van der Waals surface area contributed by atoms with Crippen LogP contribution < -0.4 is 10.5 Å². The Bertz CT molecular complexity index is 569. The number of nitrogens with one attached hydrogen (secondary N) is 1. The lowest BCUT2D eigenvalue weighted by Gasteiger charge is -2.26. The Balaban J connectivity index is 2.05. The summed E-state index contributed by atoms with van der Waals surface area (Å²) in [4.78, 5) is 0.293. The summed E-state index contributed by atoms with van der Waals surface area (Å²) in [6.45, 7) is 4.56. The lowest BCUT2D eigenvalue weighted by molar-refractivity contribution is 0.283. The second kappa shape index (κ2) is 6.14. The number of sulfonamides is 1. The smallest absolute Gasteiger partial charge is 0.240 e. The molecule has 0 amide bonds. The first-order valence-corrected chi connectivity index (χ1v) is 8.72. The molecule has 1 fully saturated rings. The van der Waals surface area contributed by atoms with Gasteiger partial charge < -0.3 is 5.73 Å². The molecule has 112 valence electrons. The maximum absolute atomic E-state index is 12.4. The minimum absolute atomic E-state index is 0.293. The molecule has 0 bridgehead atoms. The van der Waals surface area contributed by atoms with Crippen molar-refractivity contribution in [2.24, 2.45) is 11.8 Å². The van der Waals surface area contributed by atoms with Gasteiger partial charge in [0.2, 0.25) is 10.0 Å². The van der Waals surface area contributed by atoms with E-state index in [0.717, 1.165) is 18.4 Å². The van der Waals surface area contributed by atoms with Crippen molar-refractivity contribution < 1.29 is 8.42 Å². The van der Waals surface area contributed by atoms with E-state index in [0.29, 0.717) is 29.0 Å². The molecule has 2 atom stereocenters. The molecule has 4 nitrogen and oxygen atoms in total. The number of benzene rings is 1. The van der Waals surface area contributed by atoms with Gasteiger partial charge >= 0.3 is 0 Å². The fourth-order valence-electron chi connectivity index (χ4n) is 2.96. The highest BCUT2D eigenvalue weighted by Crippen LogP contribution is 2.28. The summed E-state index contributed by atoms with van der Waals surface area (Å²) < 4.78 is 27.5. The van der Waals surface area contributed by atoms with Crippen molar-refractivity contribution in [2.45, 2.75) is 44.4 Å². The maximum Gasteiger partial charge on any atom is 0.240 e. The topological polar surface area (TPSA) is 72.2 Å². The van der Waals surface area contributed by atoms with Crippen LogP contribution in [0.3, 0.4) is 0 Å². The van der Waals surface area contributed by atoms with Crippen molar-refractivity contribution in [3.8, 4) is 0 Å². The molecule has 0 aliphatic heterocycles. The average molecular weight is 296 g/mol. The first kappa shape index (κ1) is 15.3. The molecule has 0 radical (unpaired) electrons. The second-order valence-corrected chi connectivity index (χ2v) is 7.75. The average Bonchev–Trinajstić information content (AvgIpc) is 2.39. The van der Waals surface area contributed by atoms with Crippen LogP contribution in [0, 0.1) is 18.8 Å². The molecule has 3 N–H and O–H groups in total. The van der Waals surface area contributed by atoms with E-state index in [1.165, 1.54) is 18.9 Å². The number of hydrogen-bond donors (Lipinski definition) is 2. The minimum Gasteiger partial charge on any atom is -0.399 e. The molecule has 1 aliphatic carbocycles. The van der Waals surface area contributed by atoms with Crippen molar-refractivity contribution in [1.29, 1.82) is 0 Å². The maximum atomic E-state index is 12.4. The van der Waals surface area contributed by atoms with Crippen LogP contribution >= 0.6 is 0 Å². The molecule has 1 saturated carbocycles. The molecule has 0 saturated heterocycles. The Morgan fingerprint density at radius 1 is 1.35 bits per heavy atom. The van der Waals surface area contributed by atoms with Gasteiger partial charge in [0.05, 0.1) is 4.90 Å². The molecular formula is C15H24N2O2S. The van der Waals surface area contributed by atoms with E-state index in [9.17, 15) is 8.42 Å². The zero-order valence-electron chi connectivity index (χ0n) is 12.2. The minimum atomic E-state index is -3.46. The number of aryl methyl sites for hydroxylation is 1. The van der Waals surface area contributed by atoms with Crippen molar-refractivity contribution in [3.05, 3.63) is 23.8 Å². The Morgan fingerprint density at radius 2 is 2.10 bits per heavy atom. The van der Waals surface area contributed by atoms with Gasteiger partial charge in [-0.2, -0.15) is 0 Å². The Morgan fingerprint density at radius 3 is 2.80 bits per heavy atom. The van der Waals surface area contributed by atoms with E-state index in [1.54, 1.807) is 19.1 Å². The van der Waals surface area contributed by atoms with Crippen molar-refractivity contribution in [2.75, 3.05) is 12.3 Å². The lowest BCUT2D eigenvalue weighted by Crippen LogP contribution is -2.32. The second-order valence-electron chi connectivity index (χ2n) is 6.01. The molecule has 2 rings (SSSR count). The van der Waals surface area contributed by atoms with Crippen LogP contribution in [0.2, 0.25) is 0 Å². The first-order chi connectivity index (χ1) is 9.38. The number of nitrogens with two attached hydrogens (primary N) is 1. The van der Waals surface area contributed by atoms with Crippen LogP contribution in [0.1, 0.15) is 38.2 Å². The predicted molar refractivity (Wildman–Crippen MR) is 81.9 cm³/mol. The van der Waals surface area contributed by atoms with Gasteiger partial charge in [-0.05, 0) is 49.3 Å². The van der Waals surface area contributed by atoms with Crippen LogP contribution in [0.25, 0.3) is 0 Å². The third-order valence-corrected chi connectivity index (χ3v) is 5.67. The summed E-state index contributed by atoms with van der Waals surface area (Å²) in [5, 5.41) is 0. The van der Waals surface area contributed by atoms with Gasteiger partial charge in [-0.1, -0.05) is 25.8 Å². The largest absolute Gasteiger partial charge is 0.399 e. The van der Waals surface area contributed by atoms with Gasteiger partial charge in [-0.15, -0.1) is 0 Å². The van der Waals surface area contributed by atoms with Crippen LogP contribution in [-0.2, 0) is 10.0 Å². The summed E-state index contributed by atoms with van der Waals surface area (Å²) >= 11 is 0. The molecule has 2 unspecified atom stereocenters. The van der Waals surface area contributed by atoms with E-state index in [1.807, 2.05) is 0 Å². The van der Waals surface area contributed by atoms with Crippen LogP contribution in [0.5, 0.6) is 0 Å². The summed E-state index contributed by atoms with van der Waals surface area (Å²) in [7, 11) is -3.46. The molecule has 0 aromatic heterocycles. The van der Waals surface area contributed by atoms with Crippen LogP contribution in [0.15, 0.2) is 23.1 Å². The molecular weight excluding hydrogens is 272 g/mol. The molecule has 0 spiro atoms. The van der Waals surface area contributed by atoms with Gasteiger partial charge in [-0.25, -0.2) is 13.1 Å². The highest BCUT2D eigenvalue weighted by atomic mass is 32.2. The summed E-state index contributed by atoms with van der Waals surface area (Å²) in [5.41, 5.74) is 6.89. The fraction of sp³-hybridized carbons (Fsp3) is 0.600. The summed E-state index contributed by atoms with van der Waals surface area (Å²) in [5.74, 6) is 1.15. The van der Waals surface area contributed by atoms with Crippen molar-refractivity contribution in [1.82, 2.24) is 4.72 Å². The molecule has 20 heavy (non-hydrogen) atoms. The monoisotopic (exact) mass is 296 g/mol. The summed E-state index contributed by atoms with van der Waals surface area (Å²) in [6.07, 6.45) is 4.68. The van der Waals surface area contributed by atoms with Gasteiger partial charge in [-0.3, -0.25) is 0 Å². The number of anilines is 1. The van der Waals surface area contributed by atoms with E-state index >= 15 is 0 Å². The van der Waals surface area contributed by atoms with E-state index < -0.39 is 10.0 Å². The summed E-state index contributed by atoms with van der Waals surface area (Å²) in [6, 6.07) is 4.99. The van der Waals surface area contributed by atoms with Crippen LogP contribution in [-0.4, -0.2) is 15.0 Å². The Hall–Kier alpha value is -1.07. The highest BCUT2D eigenvalue weighted by molar-refractivity contribution is 7.89. The third-order valence-electron chi connectivity index (χ3n) is 4.11. The SMILES string of the molecule is Cc1ccc(N)cc1S(=O)(=O)NCC1CCCC(C)C1. The number of hydrogen-bond acceptors (Lipinski definition) is 3. The van der Waals surface area contributed by atoms with E-state index in [2.05, 4.69) is 11.6 Å². The van der Waals surface area contributed by atoms with E-state index in [-0.39, 0.29) is 0 Å². The van der Waals surface area contributed by atoms with Gasteiger partial charge in [0.25, 0.3) is 0 Å². The Labute approximate surface area is 121 Å². The fourth-order valence-corrected chi connectivity index (χ4v) is 4.35. The Kier molecular flexibility index (Phi) is 4.70.